The Balaban J connectivity index is 4.35. The number of nitrogens with two attached hydrogens (primary N) is 1. The molecular weight excluding hydrogens is 677 g/mol. The van der Waals surface area contributed by atoms with Crippen molar-refractivity contribution in [2.24, 2.45) is 5.73 Å². The number of phosphoric ester groups is 1. The van der Waals surface area contributed by atoms with Gasteiger partial charge in [0, 0.05) is 19.4 Å². The van der Waals surface area contributed by atoms with Crippen LogP contribution in [0.3, 0.4) is 0 Å². The molecule has 0 aliphatic heterocycles. The number of carbonyl (C=O) groups excluding carboxylic acids is 2. The van der Waals surface area contributed by atoms with Crippen LogP contribution >= 0.6 is 7.82 Å². The Kier molecular flexibility index (Phi) is 36.3. The largest absolute Gasteiger partial charge is 0.472 e. The van der Waals surface area contributed by atoms with E-state index in [9.17, 15) is 19.0 Å². The lowest BCUT2D eigenvalue weighted by Gasteiger charge is -2.19. The molecule has 0 heterocycles. The van der Waals surface area contributed by atoms with Crippen LogP contribution in [-0.2, 0) is 32.7 Å². The van der Waals surface area contributed by atoms with E-state index in [0.717, 1.165) is 64.2 Å². The van der Waals surface area contributed by atoms with Gasteiger partial charge in [0.2, 0.25) is 0 Å². The SMILES string of the molecule is CCCC/C=C\C/C=C\CCCCCCCC(=O)OC[C@H](COP(=O)(O)OCCN)OC(=O)CCC/C=C\C/C=C\C/C=C\C/C=C\CCCCC. The minimum atomic E-state index is -4.39. The molecule has 9 nitrogen and oxygen atoms in total. The van der Waals surface area contributed by atoms with E-state index >= 15 is 0 Å². The van der Waals surface area contributed by atoms with Gasteiger partial charge < -0.3 is 20.1 Å². The molecule has 0 amide bonds. The Hall–Kier alpha value is -2.55. The number of esters is 2. The van der Waals surface area contributed by atoms with Gasteiger partial charge >= 0.3 is 19.8 Å². The summed E-state index contributed by atoms with van der Waals surface area (Å²) in [6.45, 7) is 3.55. The average molecular weight is 750 g/mol. The zero-order valence-electron chi connectivity index (χ0n) is 32.5. The van der Waals surface area contributed by atoms with Gasteiger partial charge in [0.15, 0.2) is 6.10 Å². The lowest BCUT2D eigenvalue weighted by atomic mass is 10.1. The normalized spacial score (nSPS) is 14.2. The second-order valence-electron chi connectivity index (χ2n) is 12.8. The van der Waals surface area contributed by atoms with Crippen molar-refractivity contribution in [1.29, 1.82) is 0 Å². The van der Waals surface area contributed by atoms with E-state index < -0.39 is 32.5 Å². The summed E-state index contributed by atoms with van der Waals surface area (Å²) < 4.78 is 32.6. The molecule has 0 aromatic carbocycles. The Morgan fingerprint density at radius 1 is 0.577 bits per heavy atom. The predicted molar refractivity (Wildman–Crippen MR) is 215 cm³/mol. The summed E-state index contributed by atoms with van der Waals surface area (Å²) in [7, 11) is -4.39. The van der Waals surface area contributed by atoms with Gasteiger partial charge in [-0.1, -0.05) is 132 Å². The molecule has 0 fully saturated rings. The average Bonchev–Trinajstić information content (AvgIpc) is 3.13. The van der Waals surface area contributed by atoms with Crippen LogP contribution in [0.1, 0.15) is 149 Å². The molecule has 0 aromatic heterocycles. The molecule has 2 atom stereocenters. The van der Waals surface area contributed by atoms with Gasteiger partial charge in [-0.15, -0.1) is 0 Å². The molecule has 0 spiro atoms. The molecule has 0 aliphatic carbocycles. The summed E-state index contributed by atoms with van der Waals surface area (Å²) >= 11 is 0. The van der Waals surface area contributed by atoms with E-state index in [1.807, 2.05) is 6.08 Å². The quantitative estimate of drug-likeness (QED) is 0.0278. The lowest BCUT2D eigenvalue weighted by Crippen LogP contribution is -2.29. The third-order valence-electron chi connectivity index (χ3n) is 7.81. The third-order valence-corrected chi connectivity index (χ3v) is 8.80. The zero-order valence-corrected chi connectivity index (χ0v) is 33.4. The molecule has 0 saturated heterocycles. The highest BCUT2D eigenvalue weighted by Gasteiger charge is 2.25. The smallest absolute Gasteiger partial charge is 0.462 e. The van der Waals surface area contributed by atoms with Crippen molar-refractivity contribution in [3.8, 4) is 0 Å². The topological polar surface area (TPSA) is 134 Å². The molecular formula is C42H72NO8P. The molecule has 1 unspecified atom stereocenters. The van der Waals surface area contributed by atoms with Crippen LogP contribution in [0, 0.1) is 0 Å². The number of hydrogen-bond donors (Lipinski definition) is 2. The molecule has 0 aliphatic rings. The van der Waals surface area contributed by atoms with Gasteiger partial charge in [0.1, 0.15) is 6.61 Å². The number of phosphoric acid groups is 1. The standard InChI is InChI=1S/C42H72NO8P/c1-3-5-7-9-11-13-15-17-19-20-21-23-25-27-29-31-33-35-42(45)51-40(39-50-52(46,47)49-37-36-43)38-48-41(44)34-32-30-28-26-24-22-18-16-14-12-10-8-6-4-2/h10-13,16-19,21,23,27,29,40H,3-9,14-15,20,22,24-26,28,30-39,43H2,1-2H3,(H,46,47)/b12-10-,13-11-,18-16-,19-17-,23-21-,29-27-/t40-/m1/s1. The van der Waals surface area contributed by atoms with Crippen LogP contribution in [0.25, 0.3) is 0 Å². The molecule has 0 bridgehead atoms. The zero-order chi connectivity index (χ0) is 38.2. The van der Waals surface area contributed by atoms with Crippen molar-refractivity contribution in [3.05, 3.63) is 72.9 Å². The van der Waals surface area contributed by atoms with Gasteiger partial charge in [-0.2, -0.15) is 0 Å². The summed E-state index contributed by atoms with van der Waals surface area (Å²) in [5.41, 5.74) is 5.33. The lowest BCUT2D eigenvalue weighted by molar-refractivity contribution is -0.161. The number of carbonyl (C=O) groups is 2. The van der Waals surface area contributed by atoms with Crippen molar-refractivity contribution in [2.45, 2.75) is 155 Å². The summed E-state index contributed by atoms with van der Waals surface area (Å²) in [6.07, 6.45) is 45.1. The maximum absolute atomic E-state index is 12.5. The number of unbranched alkanes of at least 4 members (excludes halogenated alkanes) is 11. The molecule has 0 rings (SSSR count). The first-order chi connectivity index (χ1) is 25.3. The second-order valence-corrected chi connectivity index (χ2v) is 14.2. The Morgan fingerprint density at radius 3 is 1.60 bits per heavy atom. The molecule has 0 radical (unpaired) electrons. The predicted octanol–water partition coefficient (Wildman–Crippen LogP) is 11.1. The fourth-order valence-corrected chi connectivity index (χ4v) is 5.58. The monoisotopic (exact) mass is 749 g/mol. The Bertz CT molecular complexity index is 1080. The molecule has 298 valence electrons. The first kappa shape index (κ1) is 49.5. The highest BCUT2D eigenvalue weighted by Crippen LogP contribution is 2.43. The van der Waals surface area contributed by atoms with Gasteiger partial charge in [-0.3, -0.25) is 18.6 Å². The summed E-state index contributed by atoms with van der Waals surface area (Å²) in [6, 6.07) is 0. The van der Waals surface area contributed by atoms with Gasteiger partial charge in [-0.05, 0) is 77.0 Å². The van der Waals surface area contributed by atoms with Crippen LogP contribution in [-0.4, -0.2) is 49.3 Å². The maximum atomic E-state index is 12.5. The number of ether oxygens (including phenoxy) is 2. The minimum Gasteiger partial charge on any atom is -0.462 e. The van der Waals surface area contributed by atoms with Crippen LogP contribution < -0.4 is 5.73 Å². The van der Waals surface area contributed by atoms with Crippen molar-refractivity contribution < 1.29 is 37.6 Å². The van der Waals surface area contributed by atoms with E-state index in [4.69, 9.17) is 24.3 Å². The van der Waals surface area contributed by atoms with E-state index in [1.54, 1.807) is 0 Å². The van der Waals surface area contributed by atoms with Crippen molar-refractivity contribution in [1.82, 2.24) is 0 Å². The maximum Gasteiger partial charge on any atom is 0.472 e. The van der Waals surface area contributed by atoms with Gasteiger partial charge in [0.25, 0.3) is 0 Å². The van der Waals surface area contributed by atoms with Crippen LogP contribution in [0.4, 0.5) is 0 Å². The van der Waals surface area contributed by atoms with E-state index in [1.165, 1.54) is 38.5 Å². The van der Waals surface area contributed by atoms with Crippen molar-refractivity contribution >= 4 is 19.8 Å². The Morgan fingerprint density at radius 2 is 1.04 bits per heavy atom. The Labute approximate surface area is 316 Å². The van der Waals surface area contributed by atoms with Crippen LogP contribution in [0.2, 0.25) is 0 Å². The van der Waals surface area contributed by atoms with E-state index in [2.05, 4.69) is 80.7 Å². The summed E-state index contributed by atoms with van der Waals surface area (Å²) in [4.78, 5) is 34.7. The van der Waals surface area contributed by atoms with E-state index in [-0.39, 0.29) is 32.6 Å². The van der Waals surface area contributed by atoms with E-state index in [0.29, 0.717) is 19.3 Å². The second kappa shape index (κ2) is 38.2. The summed E-state index contributed by atoms with van der Waals surface area (Å²) in [5, 5.41) is 0. The van der Waals surface area contributed by atoms with Crippen molar-refractivity contribution in [3.63, 3.8) is 0 Å². The molecule has 3 N–H and O–H groups in total. The number of hydrogen-bond acceptors (Lipinski definition) is 8. The summed E-state index contributed by atoms with van der Waals surface area (Å²) in [5.74, 6) is -0.919. The van der Waals surface area contributed by atoms with Gasteiger partial charge in [0.05, 0.1) is 13.2 Å². The van der Waals surface area contributed by atoms with Gasteiger partial charge in [-0.25, -0.2) is 4.57 Å². The van der Waals surface area contributed by atoms with Crippen molar-refractivity contribution in [2.75, 3.05) is 26.4 Å². The molecule has 0 saturated carbocycles. The molecule has 10 heteroatoms. The number of allylic oxidation sites excluding steroid dienone is 12. The fraction of sp³-hybridized carbons (Fsp3) is 0.667. The highest BCUT2D eigenvalue weighted by atomic mass is 31.2. The highest BCUT2D eigenvalue weighted by molar-refractivity contribution is 7.47. The minimum absolute atomic E-state index is 0.0392. The first-order valence-corrected chi connectivity index (χ1v) is 21.4. The first-order valence-electron chi connectivity index (χ1n) is 19.9. The molecule has 0 aromatic rings. The third kappa shape index (κ3) is 37.2. The fourth-order valence-electron chi connectivity index (χ4n) is 4.82. The number of rotatable bonds is 36. The van der Waals surface area contributed by atoms with Crippen LogP contribution in [0.5, 0.6) is 0 Å². The van der Waals surface area contributed by atoms with Crippen LogP contribution in [0.15, 0.2) is 72.9 Å². The molecule has 52 heavy (non-hydrogen) atoms.